The highest BCUT2D eigenvalue weighted by Crippen LogP contribution is 2.28. The van der Waals surface area contributed by atoms with Gasteiger partial charge in [0.15, 0.2) is 0 Å². The Hall–Kier alpha value is -4.15. The third kappa shape index (κ3) is 5.35. The molecule has 0 radical (unpaired) electrons. The number of benzene rings is 2. The number of nitrogens with zero attached hydrogens (tertiary/aromatic N) is 3. The Morgan fingerprint density at radius 2 is 1.14 bits per heavy atom. The van der Waals surface area contributed by atoms with Crippen LogP contribution in [-0.2, 0) is 6.54 Å². The largest absolute Gasteiger partial charge is 0.309 e. The second-order valence-corrected chi connectivity index (χ2v) is 9.58. The maximum Gasteiger partial charge on any atom is 0.140 e. The first kappa shape index (κ1) is 24.5. The minimum atomic E-state index is 0.759. The fourth-order valence-corrected chi connectivity index (χ4v) is 4.95. The molecular formula is C33H34N4. The Bertz CT molecular complexity index is 1420. The molecule has 37 heavy (non-hydrogen) atoms. The molecule has 0 saturated heterocycles. The molecule has 0 amide bonds. The van der Waals surface area contributed by atoms with Crippen LogP contribution >= 0.6 is 0 Å². The highest BCUT2D eigenvalue weighted by atomic mass is 15.1. The molecular weight excluding hydrogens is 452 g/mol. The maximum absolute atomic E-state index is 5.16. The van der Waals surface area contributed by atoms with Crippen molar-refractivity contribution in [2.75, 3.05) is 6.54 Å². The molecule has 1 N–H and O–H groups in total. The third-order valence-corrected chi connectivity index (χ3v) is 6.82. The molecule has 0 atom stereocenters. The zero-order chi connectivity index (χ0) is 25.8. The number of nitrogens with one attached hydrogen (secondary N) is 1. The van der Waals surface area contributed by atoms with Gasteiger partial charge >= 0.3 is 0 Å². The number of hydrogen-bond donors (Lipinski definition) is 1. The monoisotopic (exact) mass is 486 g/mol. The van der Waals surface area contributed by atoms with Gasteiger partial charge in [-0.15, -0.1) is 0 Å². The molecule has 0 aliphatic carbocycles. The van der Waals surface area contributed by atoms with Crippen molar-refractivity contribution < 1.29 is 0 Å². The zero-order valence-electron chi connectivity index (χ0n) is 22.1. The lowest BCUT2D eigenvalue weighted by atomic mass is 9.97. The van der Waals surface area contributed by atoms with Gasteiger partial charge < -0.3 is 14.5 Å². The smallest absolute Gasteiger partial charge is 0.140 e. The van der Waals surface area contributed by atoms with Crippen LogP contribution in [-0.4, -0.2) is 20.7 Å². The standard InChI is InChI=1S/C33H34N4/c1-24-15-16-25(2)36(24)32-21-30(22-33(35-32)37-26(3)17-18-27(37)4)31(29-13-9-6-10-14-29)19-20-34-23-28-11-7-5-8-12-28/h5-19,21-22,34H,20,23H2,1-4H3. The number of pyridine rings is 1. The summed E-state index contributed by atoms with van der Waals surface area (Å²) in [4.78, 5) is 5.16. The molecule has 5 aromatic rings. The molecule has 0 aliphatic heterocycles. The third-order valence-electron chi connectivity index (χ3n) is 6.82. The average Bonchev–Trinajstić information content (AvgIpc) is 3.44. The van der Waals surface area contributed by atoms with Gasteiger partial charge in [0.1, 0.15) is 11.6 Å². The molecule has 0 saturated carbocycles. The average molecular weight is 487 g/mol. The first-order valence-corrected chi connectivity index (χ1v) is 12.8. The molecule has 5 rings (SSSR count). The van der Waals surface area contributed by atoms with Crippen LogP contribution in [0.3, 0.4) is 0 Å². The van der Waals surface area contributed by atoms with Gasteiger partial charge in [0.25, 0.3) is 0 Å². The lowest BCUT2D eigenvalue weighted by Gasteiger charge is -2.17. The summed E-state index contributed by atoms with van der Waals surface area (Å²) in [6.45, 7) is 10.1. The van der Waals surface area contributed by atoms with E-state index in [0.717, 1.165) is 30.3 Å². The van der Waals surface area contributed by atoms with E-state index in [1.54, 1.807) is 0 Å². The van der Waals surface area contributed by atoms with Crippen LogP contribution in [0.4, 0.5) is 0 Å². The van der Waals surface area contributed by atoms with Gasteiger partial charge in [0.05, 0.1) is 0 Å². The van der Waals surface area contributed by atoms with Crippen molar-refractivity contribution in [3.63, 3.8) is 0 Å². The highest BCUT2D eigenvalue weighted by Gasteiger charge is 2.15. The Morgan fingerprint density at radius 1 is 0.649 bits per heavy atom. The van der Waals surface area contributed by atoms with Crippen LogP contribution in [0.1, 0.15) is 39.5 Å². The minimum Gasteiger partial charge on any atom is -0.309 e. The Balaban J connectivity index is 1.61. The fourth-order valence-electron chi connectivity index (χ4n) is 4.95. The number of aromatic nitrogens is 3. The minimum absolute atomic E-state index is 0.759. The van der Waals surface area contributed by atoms with Crippen molar-refractivity contribution in [3.8, 4) is 11.6 Å². The van der Waals surface area contributed by atoms with Gasteiger partial charge in [-0.05, 0) is 86.4 Å². The predicted octanol–water partition coefficient (Wildman–Crippen LogP) is 7.12. The van der Waals surface area contributed by atoms with Crippen LogP contribution in [0.2, 0.25) is 0 Å². The van der Waals surface area contributed by atoms with Gasteiger partial charge in [-0.25, -0.2) is 4.98 Å². The molecule has 2 aromatic carbocycles. The summed E-state index contributed by atoms with van der Waals surface area (Å²) >= 11 is 0. The van der Waals surface area contributed by atoms with Crippen molar-refractivity contribution in [2.24, 2.45) is 0 Å². The van der Waals surface area contributed by atoms with Crippen molar-refractivity contribution >= 4 is 5.57 Å². The topological polar surface area (TPSA) is 34.8 Å². The molecule has 4 nitrogen and oxygen atoms in total. The molecule has 4 heteroatoms. The van der Waals surface area contributed by atoms with Gasteiger partial charge in [0, 0.05) is 35.9 Å². The predicted molar refractivity (Wildman–Crippen MR) is 154 cm³/mol. The molecule has 0 bridgehead atoms. The Kier molecular flexibility index (Phi) is 7.20. The summed E-state index contributed by atoms with van der Waals surface area (Å²) in [5.74, 6) is 1.86. The number of hydrogen-bond acceptors (Lipinski definition) is 2. The molecule has 0 fully saturated rings. The zero-order valence-corrected chi connectivity index (χ0v) is 22.1. The number of aryl methyl sites for hydroxylation is 4. The van der Waals surface area contributed by atoms with E-state index in [-0.39, 0.29) is 0 Å². The second-order valence-electron chi connectivity index (χ2n) is 9.58. The summed E-state index contributed by atoms with van der Waals surface area (Å²) in [7, 11) is 0. The van der Waals surface area contributed by atoms with Crippen molar-refractivity contribution in [2.45, 2.75) is 34.2 Å². The Morgan fingerprint density at radius 3 is 1.65 bits per heavy atom. The Labute approximate surface area is 219 Å². The van der Waals surface area contributed by atoms with Gasteiger partial charge in [-0.1, -0.05) is 66.7 Å². The number of rotatable bonds is 8. The SMILES string of the molecule is Cc1ccc(C)n1-c1cc(C(=CCNCc2ccccc2)c2ccccc2)cc(-n2c(C)ccc2C)n1. The fraction of sp³-hybridized carbons (Fsp3) is 0.182. The molecule has 0 spiro atoms. The first-order valence-electron chi connectivity index (χ1n) is 12.8. The van der Waals surface area contributed by atoms with Crippen LogP contribution < -0.4 is 5.32 Å². The quantitative estimate of drug-likeness (QED) is 0.237. The van der Waals surface area contributed by atoms with E-state index < -0.39 is 0 Å². The maximum atomic E-state index is 5.16. The van der Waals surface area contributed by atoms with E-state index in [2.05, 4.69) is 145 Å². The van der Waals surface area contributed by atoms with E-state index >= 15 is 0 Å². The van der Waals surface area contributed by atoms with Gasteiger partial charge in [-0.2, -0.15) is 0 Å². The summed E-state index contributed by atoms with van der Waals surface area (Å²) < 4.78 is 4.47. The first-order chi connectivity index (χ1) is 18.0. The van der Waals surface area contributed by atoms with E-state index in [9.17, 15) is 0 Å². The lowest BCUT2D eigenvalue weighted by molar-refractivity contribution is 0.760. The summed E-state index contributed by atoms with van der Waals surface area (Å²) in [5, 5.41) is 3.59. The van der Waals surface area contributed by atoms with Crippen LogP contribution in [0.25, 0.3) is 17.2 Å². The van der Waals surface area contributed by atoms with E-state index in [0.29, 0.717) is 0 Å². The molecule has 3 heterocycles. The van der Waals surface area contributed by atoms with Gasteiger partial charge in [-0.3, -0.25) is 0 Å². The molecule has 186 valence electrons. The van der Waals surface area contributed by atoms with E-state index in [1.165, 1.54) is 39.5 Å². The van der Waals surface area contributed by atoms with E-state index in [4.69, 9.17) is 4.98 Å². The van der Waals surface area contributed by atoms with Crippen molar-refractivity contribution in [3.05, 3.63) is 143 Å². The summed E-state index contributed by atoms with van der Waals surface area (Å²) in [6, 6.07) is 34.2. The summed E-state index contributed by atoms with van der Waals surface area (Å²) in [6.07, 6.45) is 2.30. The van der Waals surface area contributed by atoms with Crippen LogP contribution in [0.15, 0.2) is 103 Å². The van der Waals surface area contributed by atoms with Crippen LogP contribution in [0.5, 0.6) is 0 Å². The van der Waals surface area contributed by atoms with Crippen LogP contribution in [0, 0.1) is 27.7 Å². The van der Waals surface area contributed by atoms with Crippen molar-refractivity contribution in [1.29, 1.82) is 0 Å². The summed E-state index contributed by atoms with van der Waals surface area (Å²) in [5.41, 5.74) is 9.49. The highest BCUT2D eigenvalue weighted by molar-refractivity contribution is 5.81. The normalized spacial score (nSPS) is 11.7. The lowest BCUT2D eigenvalue weighted by Crippen LogP contribution is -2.13. The molecule has 0 unspecified atom stereocenters. The molecule has 3 aromatic heterocycles. The van der Waals surface area contributed by atoms with E-state index in [1.807, 2.05) is 0 Å². The van der Waals surface area contributed by atoms with Gasteiger partial charge in [0.2, 0.25) is 0 Å². The van der Waals surface area contributed by atoms with Crippen molar-refractivity contribution in [1.82, 2.24) is 19.4 Å². The second kappa shape index (κ2) is 10.9. The molecule has 0 aliphatic rings.